The van der Waals surface area contributed by atoms with Gasteiger partial charge >= 0.3 is 6.18 Å². The fourth-order valence-corrected chi connectivity index (χ4v) is 4.12. The molecule has 0 spiro atoms. The van der Waals surface area contributed by atoms with Crippen LogP contribution >= 0.6 is 11.8 Å². The standard InChI is InChI=1S/C18H17F3S/c1-2-3-6-13-14-7-4-5-8-16(14)22-17-10-9-12(11-15(13)17)18(19,20)21/h4-5,7-11,13H,2-3,6H2,1H3. The van der Waals surface area contributed by atoms with Crippen molar-refractivity contribution in [3.8, 4) is 0 Å². The van der Waals surface area contributed by atoms with Crippen molar-refractivity contribution >= 4 is 11.8 Å². The van der Waals surface area contributed by atoms with Gasteiger partial charge < -0.3 is 0 Å². The molecule has 0 N–H and O–H groups in total. The molecule has 0 saturated carbocycles. The van der Waals surface area contributed by atoms with Gasteiger partial charge in [-0.2, -0.15) is 13.2 Å². The predicted octanol–water partition coefficient (Wildman–Crippen LogP) is 6.49. The Hall–Kier alpha value is -1.42. The number of fused-ring (bicyclic) bond motifs is 2. The third-order valence-corrected chi connectivity index (χ3v) is 5.26. The Balaban J connectivity index is 2.08. The lowest BCUT2D eigenvalue weighted by atomic mass is 9.86. The molecule has 116 valence electrons. The fourth-order valence-electron chi connectivity index (χ4n) is 2.96. The molecule has 3 rings (SSSR count). The van der Waals surface area contributed by atoms with E-state index in [1.54, 1.807) is 17.8 Å². The summed E-state index contributed by atoms with van der Waals surface area (Å²) in [6, 6.07) is 12.2. The van der Waals surface area contributed by atoms with Gasteiger partial charge in [-0.3, -0.25) is 0 Å². The molecule has 0 fully saturated rings. The van der Waals surface area contributed by atoms with Gasteiger partial charge in [-0.05, 0) is 41.8 Å². The molecule has 1 atom stereocenters. The van der Waals surface area contributed by atoms with Gasteiger partial charge in [0, 0.05) is 15.7 Å². The average Bonchev–Trinajstić information content (AvgIpc) is 2.50. The molecule has 2 aromatic rings. The van der Waals surface area contributed by atoms with Crippen LogP contribution in [0, 0.1) is 0 Å². The lowest BCUT2D eigenvalue weighted by molar-refractivity contribution is -0.137. The topological polar surface area (TPSA) is 0 Å². The summed E-state index contributed by atoms with van der Waals surface area (Å²) in [4.78, 5) is 2.11. The molecular formula is C18H17F3S. The third-order valence-electron chi connectivity index (χ3n) is 4.07. The summed E-state index contributed by atoms with van der Waals surface area (Å²) in [6.07, 6.45) is -1.34. The molecule has 1 aliphatic rings. The maximum atomic E-state index is 13.0. The van der Waals surface area contributed by atoms with Crippen molar-refractivity contribution in [1.29, 1.82) is 0 Å². The minimum Gasteiger partial charge on any atom is -0.166 e. The monoisotopic (exact) mass is 322 g/mol. The van der Waals surface area contributed by atoms with Crippen LogP contribution < -0.4 is 0 Å². The van der Waals surface area contributed by atoms with Crippen LogP contribution in [0.15, 0.2) is 52.3 Å². The van der Waals surface area contributed by atoms with E-state index in [4.69, 9.17) is 0 Å². The summed E-state index contributed by atoms with van der Waals surface area (Å²) >= 11 is 1.57. The summed E-state index contributed by atoms with van der Waals surface area (Å²) < 4.78 is 39.1. The normalized spacial score (nSPS) is 17.0. The largest absolute Gasteiger partial charge is 0.416 e. The van der Waals surface area contributed by atoms with E-state index in [-0.39, 0.29) is 5.92 Å². The Labute approximate surface area is 132 Å². The van der Waals surface area contributed by atoms with E-state index in [1.807, 2.05) is 18.2 Å². The van der Waals surface area contributed by atoms with E-state index in [9.17, 15) is 13.2 Å². The van der Waals surface area contributed by atoms with Crippen LogP contribution in [-0.4, -0.2) is 0 Å². The lowest BCUT2D eigenvalue weighted by Crippen LogP contribution is -2.12. The quantitative estimate of drug-likeness (QED) is 0.622. The highest BCUT2D eigenvalue weighted by Crippen LogP contribution is 2.48. The molecule has 0 radical (unpaired) electrons. The first-order valence-electron chi connectivity index (χ1n) is 7.48. The van der Waals surface area contributed by atoms with E-state index >= 15 is 0 Å². The van der Waals surface area contributed by atoms with Crippen LogP contribution in [0.2, 0.25) is 0 Å². The number of hydrogen-bond acceptors (Lipinski definition) is 1. The van der Waals surface area contributed by atoms with Crippen LogP contribution in [0.4, 0.5) is 13.2 Å². The van der Waals surface area contributed by atoms with Crippen molar-refractivity contribution in [2.45, 2.75) is 48.1 Å². The van der Waals surface area contributed by atoms with Crippen molar-refractivity contribution in [2.24, 2.45) is 0 Å². The van der Waals surface area contributed by atoms with E-state index in [2.05, 4.69) is 13.0 Å². The van der Waals surface area contributed by atoms with Gasteiger partial charge in [0.2, 0.25) is 0 Å². The molecule has 1 heterocycles. The number of halogens is 3. The van der Waals surface area contributed by atoms with Gasteiger partial charge in [0.15, 0.2) is 0 Å². The van der Waals surface area contributed by atoms with Gasteiger partial charge in [0.05, 0.1) is 5.56 Å². The van der Waals surface area contributed by atoms with Crippen LogP contribution in [0.5, 0.6) is 0 Å². The zero-order valence-electron chi connectivity index (χ0n) is 12.3. The predicted molar refractivity (Wildman–Crippen MR) is 83.4 cm³/mol. The fraction of sp³-hybridized carbons (Fsp3) is 0.333. The molecule has 0 nitrogen and oxygen atoms in total. The number of alkyl halides is 3. The molecule has 0 amide bonds. The van der Waals surface area contributed by atoms with Gasteiger partial charge in [-0.15, -0.1) is 0 Å². The second-order valence-electron chi connectivity index (χ2n) is 5.59. The van der Waals surface area contributed by atoms with Crippen LogP contribution in [-0.2, 0) is 6.18 Å². The van der Waals surface area contributed by atoms with Crippen molar-refractivity contribution in [3.05, 3.63) is 59.2 Å². The zero-order chi connectivity index (χ0) is 15.7. The molecule has 0 aliphatic carbocycles. The maximum absolute atomic E-state index is 13.0. The van der Waals surface area contributed by atoms with E-state index in [1.165, 1.54) is 12.1 Å². The zero-order valence-corrected chi connectivity index (χ0v) is 13.1. The van der Waals surface area contributed by atoms with Crippen LogP contribution in [0.25, 0.3) is 0 Å². The number of rotatable bonds is 3. The smallest absolute Gasteiger partial charge is 0.166 e. The maximum Gasteiger partial charge on any atom is 0.416 e. The highest BCUT2D eigenvalue weighted by Gasteiger charge is 2.33. The Morgan fingerprint density at radius 3 is 2.45 bits per heavy atom. The number of hydrogen-bond donors (Lipinski definition) is 0. The van der Waals surface area contributed by atoms with Gasteiger partial charge in [-0.25, -0.2) is 0 Å². The Morgan fingerprint density at radius 2 is 1.73 bits per heavy atom. The molecule has 0 aromatic heterocycles. The second-order valence-corrected chi connectivity index (χ2v) is 6.67. The first-order valence-corrected chi connectivity index (χ1v) is 8.30. The Bertz CT molecular complexity index is 676. The minimum absolute atomic E-state index is 0.0645. The highest BCUT2D eigenvalue weighted by atomic mass is 32.2. The molecule has 1 unspecified atom stereocenters. The molecule has 0 saturated heterocycles. The summed E-state index contributed by atoms with van der Waals surface area (Å²) in [5.41, 5.74) is 1.44. The van der Waals surface area contributed by atoms with Crippen molar-refractivity contribution in [2.75, 3.05) is 0 Å². The number of benzene rings is 2. The third kappa shape index (κ3) is 2.89. The summed E-state index contributed by atoms with van der Waals surface area (Å²) in [7, 11) is 0. The molecule has 4 heteroatoms. The van der Waals surface area contributed by atoms with Crippen LogP contribution in [0.1, 0.15) is 48.8 Å². The van der Waals surface area contributed by atoms with Crippen molar-refractivity contribution < 1.29 is 13.2 Å². The van der Waals surface area contributed by atoms with Crippen molar-refractivity contribution in [1.82, 2.24) is 0 Å². The highest BCUT2D eigenvalue weighted by molar-refractivity contribution is 7.99. The second kappa shape index (κ2) is 5.99. The lowest BCUT2D eigenvalue weighted by Gasteiger charge is -2.28. The van der Waals surface area contributed by atoms with E-state index in [0.29, 0.717) is 0 Å². The van der Waals surface area contributed by atoms with E-state index < -0.39 is 11.7 Å². The molecule has 0 bridgehead atoms. The number of unbranched alkanes of at least 4 members (excludes halogenated alkanes) is 1. The van der Waals surface area contributed by atoms with Gasteiger partial charge in [-0.1, -0.05) is 49.7 Å². The first-order chi connectivity index (χ1) is 10.5. The minimum atomic E-state index is -4.29. The molecule has 1 aliphatic heterocycles. The van der Waals surface area contributed by atoms with Crippen LogP contribution in [0.3, 0.4) is 0 Å². The van der Waals surface area contributed by atoms with E-state index in [0.717, 1.165) is 40.2 Å². The first kappa shape index (κ1) is 15.5. The Morgan fingerprint density at radius 1 is 1.00 bits per heavy atom. The van der Waals surface area contributed by atoms with Crippen molar-refractivity contribution in [3.63, 3.8) is 0 Å². The Kier molecular flexibility index (Phi) is 4.22. The summed E-state index contributed by atoms with van der Waals surface area (Å²) in [5.74, 6) is 0.0645. The SMILES string of the molecule is CCCCC1c2ccccc2Sc2ccc(C(F)(F)F)cc21. The summed E-state index contributed by atoms with van der Waals surface area (Å²) in [6.45, 7) is 2.11. The van der Waals surface area contributed by atoms with Gasteiger partial charge in [0.1, 0.15) is 0 Å². The summed E-state index contributed by atoms with van der Waals surface area (Å²) in [5, 5.41) is 0. The molecule has 2 aromatic carbocycles. The van der Waals surface area contributed by atoms with Gasteiger partial charge in [0.25, 0.3) is 0 Å². The molecule has 22 heavy (non-hydrogen) atoms. The molecular weight excluding hydrogens is 305 g/mol. The average molecular weight is 322 g/mol.